The van der Waals surface area contributed by atoms with Gasteiger partial charge in [0.2, 0.25) is 5.88 Å². The zero-order valence-corrected chi connectivity index (χ0v) is 12.9. The lowest BCUT2D eigenvalue weighted by molar-refractivity contribution is -0.138. The number of carboxylic acids is 1. The van der Waals surface area contributed by atoms with E-state index in [9.17, 15) is 9.59 Å². The number of amides is 1. The van der Waals surface area contributed by atoms with Crippen molar-refractivity contribution in [1.82, 2.24) is 10.3 Å². The first-order valence-corrected chi connectivity index (χ1v) is 7.24. The molecule has 1 amide bonds. The predicted molar refractivity (Wildman–Crippen MR) is 78.3 cm³/mol. The van der Waals surface area contributed by atoms with Crippen molar-refractivity contribution in [3.63, 3.8) is 0 Å². The quantitative estimate of drug-likeness (QED) is 0.821. The third kappa shape index (κ3) is 3.86. The zero-order chi connectivity index (χ0) is 16.2. The van der Waals surface area contributed by atoms with E-state index in [2.05, 4.69) is 10.3 Å². The fraction of sp³-hybridized carbons (Fsp3) is 0.500. The van der Waals surface area contributed by atoms with Crippen LogP contribution in [-0.4, -0.2) is 47.3 Å². The fourth-order valence-electron chi connectivity index (χ4n) is 2.28. The highest BCUT2D eigenvalue weighted by Gasteiger charge is 2.38. The van der Waals surface area contributed by atoms with Gasteiger partial charge in [-0.25, -0.2) is 4.98 Å². The largest absolute Gasteiger partial charge is 0.481 e. The first kappa shape index (κ1) is 16.5. The Morgan fingerprint density at radius 1 is 1.59 bits per heavy atom. The van der Waals surface area contributed by atoms with E-state index in [-0.39, 0.29) is 29.5 Å². The SMILES string of the molecule is CCOc1ncc(C(=O)NC2(CC(=O)O)CCOC2)cc1Cl. The van der Waals surface area contributed by atoms with Gasteiger partial charge in [0.1, 0.15) is 5.02 Å². The second-order valence-electron chi connectivity index (χ2n) is 5.05. The number of nitrogens with one attached hydrogen (secondary N) is 1. The van der Waals surface area contributed by atoms with E-state index in [0.29, 0.717) is 19.6 Å². The third-order valence-electron chi connectivity index (χ3n) is 3.32. The van der Waals surface area contributed by atoms with Gasteiger partial charge in [0, 0.05) is 12.8 Å². The van der Waals surface area contributed by atoms with E-state index < -0.39 is 17.4 Å². The summed E-state index contributed by atoms with van der Waals surface area (Å²) >= 11 is 6.00. The van der Waals surface area contributed by atoms with Crippen LogP contribution in [0.2, 0.25) is 5.02 Å². The van der Waals surface area contributed by atoms with Crippen LogP contribution in [0.1, 0.15) is 30.1 Å². The van der Waals surface area contributed by atoms with Gasteiger partial charge in [0.15, 0.2) is 0 Å². The van der Waals surface area contributed by atoms with Gasteiger partial charge in [-0.3, -0.25) is 9.59 Å². The van der Waals surface area contributed by atoms with Crippen molar-refractivity contribution in [2.45, 2.75) is 25.3 Å². The smallest absolute Gasteiger partial charge is 0.305 e. The van der Waals surface area contributed by atoms with Gasteiger partial charge >= 0.3 is 5.97 Å². The lowest BCUT2D eigenvalue weighted by atomic mass is 9.94. The first-order valence-electron chi connectivity index (χ1n) is 6.86. The Labute approximate surface area is 132 Å². The molecule has 0 aromatic carbocycles. The monoisotopic (exact) mass is 328 g/mol. The molecule has 1 aliphatic heterocycles. The number of pyridine rings is 1. The van der Waals surface area contributed by atoms with Crippen molar-refractivity contribution in [2.24, 2.45) is 0 Å². The van der Waals surface area contributed by atoms with Crippen LogP contribution >= 0.6 is 11.6 Å². The van der Waals surface area contributed by atoms with Crippen molar-refractivity contribution in [3.05, 3.63) is 22.8 Å². The maximum atomic E-state index is 12.3. The number of rotatable bonds is 6. The molecule has 0 spiro atoms. The van der Waals surface area contributed by atoms with Gasteiger partial charge in [-0.2, -0.15) is 0 Å². The minimum atomic E-state index is -0.992. The molecule has 1 fully saturated rings. The molecule has 0 saturated carbocycles. The summed E-state index contributed by atoms with van der Waals surface area (Å²) in [7, 11) is 0. The summed E-state index contributed by atoms with van der Waals surface area (Å²) in [6.07, 6.45) is 1.59. The van der Waals surface area contributed by atoms with Crippen LogP contribution in [-0.2, 0) is 9.53 Å². The fourth-order valence-corrected chi connectivity index (χ4v) is 2.51. The average Bonchev–Trinajstić information content (AvgIpc) is 2.88. The first-order chi connectivity index (χ1) is 10.5. The third-order valence-corrected chi connectivity index (χ3v) is 3.59. The highest BCUT2D eigenvalue weighted by molar-refractivity contribution is 6.32. The number of carboxylic acid groups (broad SMARTS) is 1. The number of aromatic nitrogens is 1. The number of aliphatic carboxylic acids is 1. The van der Waals surface area contributed by atoms with E-state index in [4.69, 9.17) is 26.2 Å². The standard InChI is InChI=1S/C14H17ClN2O5/c1-2-22-13-10(15)5-9(7-16-13)12(20)17-14(6-11(18)19)3-4-21-8-14/h5,7H,2-4,6,8H2,1H3,(H,17,20)(H,18,19). The molecule has 2 heterocycles. The summed E-state index contributed by atoms with van der Waals surface area (Å²) in [6, 6.07) is 1.44. The summed E-state index contributed by atoms with van der Waals surface area (Å²) < 4.78 is 10.4. The molecule has 1 aliphatic rings. The van der Waals surface area contributed by atoms with Gasteiger partial charge in [-0.15, -0.1) is 0 Å². The van der Waals surface area contributed by atoms with Gasteiger partial charge in [-0.05, 0) is 19.4 Å². The number of halogens is 1. The molecule has 7 nitrogen and oxygen atoms in total. The average molecular weight is 329 g/mol. The van der Waals surface area contributed by atoms with Gasteiger partial charge in [0.05, 0.1) is 30.7 Å². The molecule has 2 N–H and O–H groups in total. The number of hydrogen-bond donors (Lipinski definition) is 2. The predicted octanol–water partition coefficient (Wildman–Crippen LogP) is 1.50. The molecular weight excluding hydrogens is 312 g/mol. The molecule has 120 valence electrons. The van der Waals surface area contributed by atoms with Crippen molar-refractivity contribution in [3.8, 4) is 5.88 Å². The van der Waals surface area contributed by atoms with E-state index >= 15 is 0 Å². The molecule has 1 unspecified atom stereocenters. The highest BCUT2D eigenvalue weighted by atomic mass is 35.5. The van der Waals surface area contributed by atoms with E-state index in [1.807, 2.05) is 0 Å². The molecule has 1 aromatic rings. The zero-order valence-electron chi connectivity index (χ0n) is 12.1. The van der Waals surface area contributed by atoms with Gasteiger partial charge in [-0.1, -0.05) is 11.6 Å². The Hall–Kier alpha value is -1.86. The molecule has 0 bridgehead atoms. The number of carbonyl (C=O) groups excluding carboxylic acids is 1. The van der Waals surface area contributed by atoms with Crippen LogP contribution in [0.4, 0.5) is 0 Å². The molecule has 1 aromatic heterocycles. The van der Waals surface area contributed by atoms with Gasteiger partial charge < -0.3 is 19.9 Å². The van der Waals surface area contributed by atoms with Crippen molar-refractivity contribution < 1.29 is 24.2 Å². The Morgan fingerprint density at radius 2 is 2.36 bits per heavy atom. The van der Waals surface area contributed by atoms with Gasteiger partial charge in [0.25, 0.3) is 5.91 Å². The Kier molecular flexibility index (Phi) is 5.20. The summed E-state index contributed by atoms with van der Waals surface area (Å²) in [4.78, 5) is 27.3. The second kappa shape index (κ2) is 6.93. The lowest BCUT2D eigenvalue weighted by Gasteiger charge is -2.27. The number of nitrogens with zero attached hydrogens (tertiary/aromatic N) is 1. The van der Waals surface area contributed by atoms with Crippen LogP contribution in [0, 0.1) is 0 Å². The van der Waals surface area contributed by atoms with E-state index in [0.717, 1.165) is 0 Å². The number of ether oxygens (including phenoxy) is 2. The maximum absolute atomic E-state index is 12.3. The summed E-state index contributed by atoms with van der Waals surface area (Å²) in [6.45, 7) is 2.80. The van der Waals surface area contributed by atoms with Crippen molar-refractivity contribution in [1.29, 1.82) is 0 Å². The van der Waals surface area contributed by atoms with Crippen LogP contribution in [0.5, 0.6) is 5.88 Å². The summed E-state index contributed by atoms with van der Waals surface area (Å²) in [5.74, 6) is -1.18. The molecule has 22 heavy (non-hydrogen) atoms. The van der Waals surface area contributed by atoms with Crippen molar-refractivity contribution >= 4 is 23.5 Å². The Bertz CT molecular complexity index is 572. The Balaban J connectivity index is 2.13. The molecule has 0 aliphatic carbocycles. The number of hydrogen-bond acceptors (Lipinski definition) is 5. The maximum Gasteiger partial charge on any atom is 0.305 e. The summed E-state index contributed by atoms with van der Waals surface area (Å²) in [5.41, 5.74) is -0.654. The number of carbonyl (C=O) groups is 2. The molecule has 8 heteroatoms. The van der Waals surface area contributed by atoms with Crippen LogP contribution in [0.3, 0.4) is 0 Å². The summed E-state index contributed by atoms with van der Waals surface area (Å²) in [5, 5.41) is 12.0. The minimum absolute atomic E-state index is 0.170. The minimum Gasteiger partial charge on any atom is -0.481 e. The van der Waals surface area contributed by atoms with Crippen LogP contribution in [0.25, 0.3) is 0 Å². The molecule has 0 radical (unpaired) electrons. The van der Waals surface area contributed by atoms with Crippen LogP contribution < -0.4 is 10.1 Å². The van der Waals surface area contributed by atoms with Crippen LogP contribution in [0.15, 0.2) is 12.3 Å². The van der Waals surface area contributed by atoms with Crippen molar-refractivity contribution in [2.75, 3.05) is 19.8 Å². The second-order valence-corrected chi connectivity index (χ2v) is 5.46. The highest BCUT2D eigenvalue weighted by Crippen LogP contribution is 2.25. The van der Waals surface area contributed by atoms with E-state index in [1.165, 1.54) is 12.3 Å². The molecular formula is C14H17ClN2O5. The normalized spacial score (nSPS) is 20.6. The molecule has 1 atom stereocenters. The molecule has 1 saturated heterocycles. The van der Waals surface area contributed by atoms with E-state index in [1.54, 1.807) is 6.92 Å². The topological polar surface area (TPSA) is 97.8 Å². The Morgan fingerprint density at radius 3 is 2.91 bits per heavy atom. The lowest BCUT2D eigenvalue weighted by Crippen LogP contribution is -2.50. The molecule has 2 rings (SSSR count).